The summed E-state index contributed by atoms with van der Waals surface area (Å²) < 4.78 is 16.8. The van der Waals surface area contributed by atoms with Gasteiger partial charge >= 0.3 is 6.01 Å². The molecule has 23 heavy (non-hydrogen) atoms. The van der Waals surface area contributed by atoms with Crippen LogP contribution in [0.15, 0.2) is 22.7 Å². The van der Waals surface area contributed by atoms with Gasteiger partial charge in [-0.3, -0.25) is 0 Å². The van der Waals surface area contributed by atoms with Crippen LogP contribution >= 0.6 is 0 Å². The monoisotopic (exact) mass is 313 g/mol. The van der Waals surface area contributed by atoms with Crippen molar-refractivity contribution < 1.29 is 14.0 Å². The molecule has 0 unspecified atom stereocenters. The van der Waals surface area contributed by atoms with Gasteiger partial charge in [0.1, 0.15) is 13.2 Å². The molecule has 2 fully saturated rings. The highest BCUT2D eigenvalue weighted by Crippen LogP contribution is 2.42. The number of ether oxygens (including phenoxy) is 2. The maximum absolute atomic E-state index is 5.71. The van der Waals surface area contributed by atoms with Gasteiger partial charge in [0.15, 0.2) is 17.3 Å². The molecule has 0 bridgehead atoms. The zero-order chi connectivity index (χ0) is 15.2. The summed E-state index contributed by atoms with van der Waals surface area (Å²) >= 11 is 0. The lowest BCUT2D eigenvalue weighted by molar-refractivity contribution is 0.171. The second-order valence-corrected chi connectivity index (χ2v) is 6.46. The molecule has 1 saturated heterocycles. The quantitative estimate of drug-likeness (QED) is 0.868. The van der Waals surface area contributed by atoms with E-state index in [1.165, 1.54) is 18.4 Å². The van der Waals surface area contributed by atoms with Gasteiger partial charge in [0.25, 0.3) is 0 Å². The third-order valence-electron chi connectivity index (χ3n) is 4.82. The third kappa shape index (κ3) is 2.33. The SMILES string of the molecule is c1cc2c(cc1[C@H]1CCCN1c1nc(C3CC3)no1)OCCO2. The van der Waals surface area contributed by atoms with Crippen LogP contribution in [0, 0.1) is 0 Å². The zero-order valence-corrected chi connectivity index (χ0v) is 12.9. The molecule has 2 aromatic rings. The van der Waals surface area contributed by atoms with Gasteiger partial charge in [-0.15, -0.1) is 0 Å². The topological polar surface area (TPSA) is 60.6 Å². The summed E-state index contributed by atoms with van der Waals surface area (Å²) in [6.45, 7) is 2.18. The number of hydrogen-bond acceptors (Lipinski definition) is 6. The highest BCUT2D eigenvalue weighted by molar-refractivity contribution is 5.47. The van der Waals surface area contributed by atoms with E-state index < -0.39 is 0 Å². The first-order chi connectivity index (χ1) is 11.4. The van der Waals surface area contributed by atoms with E-state index in [0.29, 0.717) is 25.1 Å². The minimum Gasteiger partial charge on any atom is -0.486 e. The van der Waals surface area contributed by atoms with Crippen LogP contribution in [0.4, 0.5) is 6.01 Å². The summed E-state index contributed by atoms with van der Waals surface area (Å²) in [7, 11) is 0. The van der Waals surface area contributed by atoms with Crippen LogP contribution in [-0.4, -0.2) is 29.9 Å². The van der Waals surface area contributed by atoms with Gasteiger partial charge in [0.2, 0.25) is 0 Å². The number of benzene rings is 1. The Morgan fingerprint density at radius 2 is 1.91 bits per heavy atom. The lowest BCUT2D eigenvalue weighted by atomic mass is 10.0. The van der Waals surface area contributed by atoms with Gasteiger partial charge in [-0.1, -0.05) is 11.2 Å². The fourth-order valence-electron chi connectivity index (χ4n) is 3.46. The molecule has 1 saturated carbocycles. The molecule has 2 aliphatic heterocycles. The molecular formula is C17H19N3O3. The normalized spacial score (nSPS) is 23.3. The molecule has 1 atom stereocenters. The van der Waals surface area contributed by atoms with Crippen molar-refractivity contribution in [2.75, 3.05) is 24.7 Å². The summed E-state index contributed by atoms with van der Waals surface area (Å²) in [6.07, 6.45) is 4.58. The van der Waals surface area contributed by atoms with Crippen molar-refractivity contribution in [3.8, 4) is 11.5 Å². The highest BCUT2D eigenvalue weighted by atomic mass is 16.6. The van der Waals surface area contributed by atoms with Gasteiger partial charge in [-0.2, -0.15) is 4.98 Å². The Balaban J connectivity index is 1.44. The summed E-state index contributed by atoms with van der Waals surface area (Å²) in [4.78, 5) is 6.84. The van der Waals surface area contributed by atoms with Crippen LogP contribution in [-0.2, 0) is 0 Å². The molecule has 1 aromatic carbocycles. The van der Waals surface area contributed by atoms with Gasteiger partial charge in [-0.05, 0) is 43.4 Å². The number of anilines is 1. The average Bonchev–Trinajstić information content (AvgIpc) is 3.12. The van der Waals surface area contributed by atoms with E-state index in [-0.39, 0.29) is 6.04 Å². The minimum absolute atomic E-state index is 0.262. The Hall–Kier alpha value is -2.24. The average molecular weight is 313 g/mol. The van der Waals surface area contributed by atoms with E-state index in [9.17, 15) is 0 Å². The summed E-state index contributed by atoms with van der Waals surface area (Å²) in [5.74, 6) is 3.05. The fourth-order valence-corrected chi connectivity index (χ4v) is 3.46. The van der Waals surface area contributed by atoms with E-state index >= 15 is 0 Å². The van der Waals surface area contributed by atoms with E-state index in [0.717, 1.165) is 36.7 Å². The Labute approximate surface area is 134 Å². The number of hydrogen-bond donors (Lipinski definition) is 0. The summed E-state index contributed by atoms with van der Waals surface area (Å²) in [6, 6.07) is 7.14. The van der Waals surface area contributed by atoms with Crippen molar-refractivity contribution >= 4 is 6.01 Å². The molecular weight excluding hydrogens is 294 g/mol. The smallest absolute Gasteiger partial charge is 0.324 e. The first-order valence-corrected chi connectivity index (χ1v) is 8.38. The standard InChI is InChI=1S/C17H19N3O3/c1-2-13(12-5-6-14-15(10-12)22-9-8-21-14)20(7-1)17-18-16(19-23-17)11-3-4-11/h5-6,10-11,13H,1-4,7-9H2/t13-/m1/s1. The van der Waals surface area contributed by atoms with Gasteiger partial charge in [0, 0.05) is 12.5 Å². The minimum atomic E-state index is 0.262. The first-order valence-electron chi connectivity index (χ1n) is 8.38. The summed E-state index contributed by atoms with van der Waals surface area (Å²) in [5.41, 5.74) is 1.22. The predicted molar refractivity (Wildman–Crippen MR) is 83.0 cm³/mol. The van der Waals surface area contributed by atoms with Crippen molar-refractivity contribution in [2.45, 2.75) is 37.6 Å². The van der Waals surface area contributed by atoms with Gasteiger partial charge < -0.3 is 18.9 Å². The lowest BCUT2D eigenvalue weighted by Gasteiger charge is -2.25. The molecule has 6 heteroatoms. The maximum atomic E-state index is 5.71. The molecule has 3 heterocycles. The Morgan fingerprint density at radius 1 is 1.04 bits per heavy atom. The zero-order valence-electron chi connectivity index (χ0n) is 12.9. The van der Waals surface area contributed by atoms with Crippen LogP contribution < -0.4 is 14.4 Å². The van der Waals surface area contributed by atoms with Crippen LogP contribution in [0.25, 0.3) is 0 Å². The van der Waals surface area contributed by atoms with Crippen molar-refractivity contribution in [2.24, 2.45) is 0 Å². The van der Waals surface area contributed by atoms with Gasteiger partial charge in [0.05, 0.1) is 6.04 Å². The number of nitrogens with zero attached hydrogens (tertiary/aromatic N) is 3. The Morgan fingerprint density at radius 3 is 2.78 bits per heavy atom. The molecule has 3 aliphatic rings. The molecule has 5 rings (SSSR count). The maximum Gasteiger partial charge on any atom is 0.324 e. The number of aromatic nitrogens is 2. The summed E-state index contributed by atoms with van der Waals surface area (Å²) in [5, 5.41) is 4.15. The van der Waals surface area contributed by atoms with Crippen molar-refractivity contribution in [3.05, 3.63) is 29.6 Å². The van der Waals surface area contributed by atoms with E-state index in [2.05, 4.69) is 27.2 Å². The van der Waals surface area contributed by atoms with Crippen molar-refractivity contribution in [1.82, 2.24) is 10.1 Å². The highest BCUT2D eigenvalue weighted by Gasteiger charge is 2.34. The molecule has 0 spiro atoms. The lowest BCUT2D eigenvalue weighted by Crippen LogP contribution is -2.23. The molecule has 120 valence electrons. The molecule has 6 nitrogen and oxygen atoms in total. The molecule has 0 amide bonds. The van der Waals surface area contributed by atoms with E-state index in [1.807, 2.05) is 6.07 Å². The van der Waals surface area contributed by atoms with Crippen molar-refractivity contribution in [3.63, 3.8) is 0 Å². The Kier molecular flexibility index (Phi) is 2.96. The molecule has 0 N–H and O–H groups in total. The van der Waals surface area contributed by atoms with E-state index in [4.69, 9.17) is 14.0 Å². The number of fused-ring (bicyclic) bond motifs is 1. The van der Waals surface area contributed by atoms with Crippen LogP contribution in [0.1, 0.15) is 49.0 Å². The predicted octanol–water partition coefficient (Wildman–Crippen LogP) is 3.06. The second-order valence-electron chi connectivity index (χ2n) is 6.46. The molecule has 1 aromatic heterocycles. The van der Waals surface area contributed by atoms with Crippen LogP contribution in [0.5, 0.6) is 11.5 Å². The fraction of sp³-hybridized carbons (Fsp3) is 0.529. The van der Waals surface area contributed by atoms with Crippen LogP contribution in [0.2, 0.25) is 0 Å². The largest absolute Gasteiger partial charge is 0.486 e. The third-order valence-corrected chi connectivity index (χ3v) is 4.82. The van der Waals surface area contributed by atoms with Gasteiger partial charge in [-0.25, -0.2) is 0 Å². The first kappa shape index (κ1) is 13.2. The molecule has 1 aliphatic carbocycles. The second kappa shape index (κ2) is 5.15. The number of rotatable bonds is 3. The molecule has 0 radical (unpaired) electrons. The Bertz CT molecular complexity index is 726. The van der Waals surface area contributed by atoms with Crippen molar-refractivity contribution in [1.29, 1.82) is 0 Å². The van der Waals surface area contributed by atoms with E-state index in [1.54, 1.807) is 0 Å². The van der Waals surface area contributed by atoms with Crippen LogP contribution in [0.3, 0.4) is 0 Å².